The van der Waals surface area contributed by atoms with Crippen LogP contribution in [0.25, 0.3) is 0 Å². The summed E-state index contributed by atoms with van der Waals surface area (Å²) in [6.07, 6.45) is 1.97. The van der Waals surface area contributed by atoms with E-state index in [0.717, 1.165) is 25.9 Å². The summed E-state index contributed by atoms with van der Waals surface area (Å²) in [7, 11) is -3.01. The predicted molar refractivity (Wildman–Crippen MR) is 73.9 cm³/mol. The summed E-state index contributed by atoms with van der Waals surface area (Å²) in [4.78, 5) is 2.19. The first-order valence-corrected chi connectivity index (χ1v) is 8.04. The monoisotopic (exact) mass is 264 g/mol. The minimum atomic E-state index is -3.01. The van der Waals surface area contributed by atoms with Gasteiger partial charge in [-0.05, 0) is 53.2 Å². The van der Waals surface area contributed by atoms with Crippen molar-refractivity contribution in [3.8, 4) is 0 Å². The lowest BCUT2D eigenvalue weighted by atomic mass is 10.3. The zero-order chi connectivity index (χ0) is 13.5. The second kappa shape index (κ2) is 7.34. The lowest BCUT2D eigenvalue weighted by Crippen LogP contribution is -2.37. The Morgan fingerprint density at radius 3 is 2.12 bits per heavy atom. The van der Waals surface area contributed by atoms with Gasteiger partial charge in [0.05, 0.1) is 10.5 Å². The fraction of sp³-hybridized carbons (Fsp3) is 1.00. The summed E-state index contributed by atoms with van der Waals surface area (Å²) in [6.45, 7) is 10.5. The second-order valence-corrected chi connectivity index (χ2v) is 8.28. The molecule has 0 heterocycles. The molecule has 0 amide bonds. The Kier molecular flexibility index (Phi) is 7.28. The van der Waals surface area contributed by atoms with E-state index >= 15 is 0 Å². The average molecular weight is 264 g/mol. The Balaban J connectivity index is 4.30. The zero-order valence-electron chi connectivity index (χ0n) is 11.7. The summed E-state index contributed by atoms with van der Waals surface area (Å²) >= 11 is 0. The Hall–Kier alpha value is -0.130. The molecule has 4 nitrogen and oxygen atoms in total. The van der Waals surface area contributed by atoms with Crippen molar-refractivity contribution < 1.29 is 8.42 Å². The molecule has 0 atom stereocenters. The van der Waals surface area contributed by atoms with Gasteiger partial charge in [-0.2, -0.15) is 0 Å². The van der Waals surface area contributed by atoms with Gasteiger partial charge in [0.1, 0.15) is 0 Å². The van der Waals surface area contributed by atoms with Gasteiger partial charge in [0, 0.05) is 6.54 Å². The molecule has 2 N–H and O–H groups in total. The largest absolute Gasteiger partial charge is 0.330 e. The minimum Gasteiger partial charge on any atom is -0.330 e. The molecule has 17 heavy (non-hydrogen) atoms. The molecule has 0 bridgehead atoms. The normalized spacial score (nSPS) is 13.3. The fourth-order valence-electron chi connectivity index (χ4n) is 1.52. The third-order valence-corrected chi connectivity index (χ3v) is 5.41. The maximum Gasteiger partial charge on any atom is 0.156 e. The van der Waals surface area contributed by atoms with Gasteiger partial charge in [0.2, 0.25) is 0 Å². The molecule has 0 aromatic heterocycles. The second-order valence-electron chi connectivity index (χ2n) is 5.42. The molecule has 5 heteroatoms. The third kappa shape index (κ3) is 6.38. The number of rotatable bonds is 8. The van der Waals surface area contributed by atoms with Gasteiger partial charge in [0.15, 0.2) is 9.84 Å². The zero-order valence-corrected chi connectivity index (χ0v) is 12.5. The first kappa shape index (κ1) is 16.9. The summed E-state index contributed by atoms with van der Waals surface area (Å²) < 4.78 is 23.3. The summed E-state index contributed by atoms with van der Waals surface area (Å²) in [6, 6.07) is 0. The van der Waals surface area contributed by atoms with Crippen molar-refractivity contribution in [3.05, 3.63) is 0 Å². The van der Waals surface area contributed by atoms with E-state index in [-0.39, 0.29) is 5.75 Å². The van der Waals surface area contributed by atoms with E-state index in [4.69, 9.17) is 5.73 Å². The molecule has 0 aliphatic carbocycles. The van der Waals surface area contributed by atoms with E-state index in [1.165, 1.54) is 0 Å². The minimum absolute atomic E-state index is 0.237. The number of hydrogen-bond acceptors (Lipinski definition) is 4. The topological polar surface area (TPSA) is 63.4 Å². The van der Waals surface area contributed by atoms with Crippen molar-refractivity contribution in [1.82, 2.24) is 4.90 Å². The molecule has 0 saturated heterocycles. The van der Waals surface area contributed by atoms with E-state index in [0.29, 0.717) is 13.1 Å². The lowest BCUT2D eigenvalue weighted by Gasteiger charge is -2.24. The number of nitrogens with zero attached hydrogens (tertiary/aromatic N) is 1. The maximum atomic E-state index is 12.0. The smallest absolute Gasteiger partial charge is 0.156 e. The summed E-state index contributed by atoms with van der Waals surface area (Å²) in [5, 5.41) is 0. The molecule has 104 valence electrons. The van der Waals surface area contributed by atoms with Crippen molar-refractivity contribution in [2.45, 2.75) is 45.3 Å². The van der Waals surface area contributed by atoms with Crippen LogP contribution >= 0.6 is 0 Å². The molecule has 0 spiro atoms. The third-order valence-electron chi connectivity index (χ3n) is 2.83. The number of nitrogens with two attached hydrogens (primary N) is 1. The van der Waals surface area contributed by atoms with Gasteiger partial charge < -0.3 is 10.6 Å². The van der Waals surface area contributed by atoms with Crippen LogP contribution in [-0.2, 0) is 9.84 Å². The molecule has 0 aromatic rings. The summed E-state index contributed by atoms with van der Waals surface area (Å²) in [5.74, 6) is 0.237. The maximum absolute atomic E-state index is 12.0. The van der Waals surface area contributed by atoms with Gasteiger partial charge in [-0.25, -0.2) is 8.42 Å². The first-order valence-electron chi connectivity index (χ1n) is 6.39. The molecule has 0 rings (SSSR count). The predicted octanol–water partition coefficient (Wildman–Crippen LogP) is 1.26. The van der Waals surface area contributed by atoms with Crippen LogP contribution in [-0.4, -0.2) is 50.0 Å². The Morgan fingerprint density at radius 1 is 1.12 bits per heavy atom. The summed E-state index contributed by atoms with van der Waals surface area (Å²) in [5.41, 5.74) is 5.48. The molecular formula is C12H28N2O2S. The van der Waals surface area contributed by atoms with Gasteiger partial charge in [-0.15, -0.1) is 0 Å². The molecular weight excluding hydrogens is 236 g/mol. The van der Waals surface area contributed by atoms with E-state index in [9.17, 15) is 8.42 Å². The van der Waals surface area contributed by atoms with Crippen molar-refractivity contribution in [3.63, 3.8) is 0 Å². The molecule has 0 fully saturated rings. The van der Waals surface area contributed by atoms with E-state index < -0.39 is 14.6 Å². The molecule has 0 unspecified atom stereocenters. The van der Waals surface area contributed by atoms with Crippen molar-refractivity contribution >= 4 is 9.84 Å². The van der Waals surface area contributed by atoms with Crippen LogP contribution in [0.1, 0.15) is 40.5 Å². The highest BCUT2D eigenvalue weighted by atomic mass is 32.2. The van der Waals surface area contributed by atoms with Crippen LogP contribution in [0.2, 0.25) is 0 Å². The standard InChI is InChI=1S/C12H28N2O2S/c1-5-8-14(9-6-7-13)10-11-17(15,16)12(2,3)4/h5-11,13H2,1-4H3. The average Bonchev–Trinajstić information content (AvgIpc) is 2.20. The Bertz CT molecular complexity index is 294. The first-order chi connectivity index (χ1) is 7.74. The Morgan fingerprint density at radius 2 is 1.71 bits per heavy atom. The number of hydrogen-bond donors (Lipinski definition) is 1. The molecule has 0 aromatic carbocycles. The van der Waals surface area contributed by atoms with Crippen LogP contribution in [0.3, 0.4) is 0 Å². The van der Waals surface area contributed by atoms with Crippen LogP contribution < -0.4 is 5.73 Å². The highest BCUT2D eigenvalue weighted by molar-refractivity contribution is 7.92. The van der Waals surface area contributed by atoms with Gasteiger partial charge in [0.25, 0.3) is 0 Å². The van der Waals surface area contributed by atoms with E-state index in [1.54, 1.807) is 20.8 Å². The molecule has 0 aliphatic rings. The molecule has 0 radical (unpaired) electrons. The van der Waals surface area contributed by atoms with Crippen molar-refractivity contribution in [2.75, 3.05) is 31.9 Å². The van der Waals surface area contributed by atoms with Gasteiger partial charge in [-0.1, -0.05) is 6.92 Å². The quantitative estimate of drug-likeness (QED) is 0.717. The molecule has 0 aliphatic heterocycles. The van der Waals surface area contributed by atoms with Crippen molar-refractivity contribution in [2.24, 2.45) is 5.73 Å². The number of sulfone groups is 1. The van der Waals surface area contributed by atoms with Crippen LogP contribution in [0.5, 0.6) is 0 Å². The van der Waals surface area contributed by atoms with Crippen molar-refractivity contribution in [1.29, 1.82) is 0 Å². The highest BCUT2D eigenvalue weighted by Gasteiger charge is 2.28. The SMILES string of the molecule is CCCN(CCCN)CCS(=O)(=O)C(C)(C)C. The molecule has 0 saturated carbocycles. The van der Waals surface area contributed by atoms with E-state index in [1.807, 2.05) is 0 Å². The lowest BCUT2D eigenvalue weighted by molar-refractivity contribution is 0.287. The fourth-order valence-corrected chi connectivity index (χ4v) is 2.63. The van der Waals surface area contributed by atoms with Gasteiger partial charge in [-0.3, -0.25) is 0 Å². The van der Waals surface area contributed by atoms with Crippen LogP contribution in [0.4, 0.5) is 0 Å². The van der Waals surface area contributed by atoms with Crippen LogP contribution in [0, 0.1) is 0 Å². The highest BCUT2D eigenvalue weighted by Crippen LogP contribution is 2.16. The van der Waals surface area contributed by atoms with Crippen LogP contribution in [0.15, 0.2) is 0 Å². The van der Waals surface area contributed by atoms with Gasteiger partial charge >= 0.3 is 0 Å². The Labute approximate surface area is 106 Å². The van der Waals surface area contributed by atoms with E-state index in [2.05, 4.69) is 11.8 Å².